The number of rotatable bonds is 5. The molecule has 0 saturated heterocycles. The summed E-state index contributed by atoms with van der Waals surface area (Å²) in [6.07, 6.45) is 1.70. The molecule has 136 valence electrons. The monoisotopic (exact) mass is 379 g/mol. The Bertz CT molecular complexity index is 1130. The smallest absolute Gasteiger partial charge is 0.196 e. The molecule has 2 aromatic carbocycles. The van der Waals surface area contributed by atoms with Gasteiger partial charge < -0.3 is 9.47 Å². The van der Waals surface area contributed by atoms with Crippen molar-refractivity contribution in [3.63, 3.8) is 0 Å². The van der Waals surface area contributed by atoms with Crippen molar-refractivity contribution in [2.45, 2.75) is 6.92 Å². The maximum absolute atomic E-state index is 12.2. The molecule has 2 heterocycles. The van der Waals surface area contributed by atoms with E-state index in [4.69, 9.17) is 14.5 Å². The van der Waals surface area contributed by atoms with E-state index in [1.807, 2.05) is 47.0 Å². The summed E-state index contributed by atoms with van der Waals surface area (Å²) in [6.45, 7) is 1.56. The van der Waals surface area contributed by atoms with E-state index in [0.717, 1.165) is 16.6 Å². The summed E-state index contributed by atoms with van der Waals surface area (Å²) < 4.78 is 12.6. The van der Waals surface area contributed by atoms with Crippen LogP contribution in [0.3, 0.4) is 0 Å². The third-order valence-corrected chi connectivity index (χ3v) is 5.40. The number of thiazole rings is 1. The Labute approximate surface area is 160 Å². The zero-order valence-electron chi connectivity index (χ0n) is 15.1. The molecule has 0 aliphatic heterocycles. The first kappa shape index (κ1) is 17.2. The second-order valence-electron chi connectivity index (χ2n) is 5.91. The van der Waals surface area contributed by atoms with Crippen LogP contribution in [0.15, 0.2) is 48.8 Å². The molecule has 0 aliphatic rings. The second kappa shape index (κ2) is 6.85. The lowest BCUT2D eigenvalue weighted by atomic mass is 10.1. The van der Waals surface area contributed by atoms with Crippen molar-refractivity contribution in [2.75, 3.05) is 14.2 Å². The van der Waals surface area contributed by atoms with Gasteiger partial charge in [0, 0.05) is 24.6 Å². The molecular weight excluding hydrogens is 362 g/mol. The SMILES string of the molecule is COc1cc2ncn(-c3nc(-c4ccccc4)c(C(C)=O)s3)c2cc1OC. The maximum atomic E-state index is 12.2. The fourth-order valence-electron chi connectivity index (χ4n) is 2.93. The Kier molecular flexibility index (Phi) is 4.37. The lowest BCUT2D eigenvalue weighted by Gasteiger charge is -2.07. The Morgan fingerprint density at radius 3 is 2.44 bits per heavy atom. The number of nitrogens with zero attached hydrogens (tertiary/aromatic N) is 3. The number of hydrogen-bond donors (Lipinski definition) is 0. The average molecular weight is 379 g/mol. The summed E-state index contributed by atoms with van der Waals surface area (Å²) in [6, 6.07) is 13.4. The molecule has 4 aromatic rings. The fraction of sp³-hybridized carbons (Fsp3) is 0.150. The van der Waals surface area contributed by atoms with Crippen LogP contribution in [0.25, 0.3) is 27.4 Å². The van der Waals surface area contributed by atoms with Crippen LogP contribution in [-0.2, 0) is 0 Å². The van der Waals surface area contributed by atoms with E-state index < -0.39 is 0 Å². The van der Waals surface area contributed by atoms with Crippen molar-refractivity contribution in [3.05, 3.63) is 53.7 Å². The van der Waals surface area contributed by atoms with E-state index >= 15 is 0 Å². The van der Waals surface area contributed by atoms with Gasteiger partial charge in [-0.05, 0) is 0 Å². The zero-order chi connectivity index (χ0) is 19.0. The van der Waals surface area contributed by atoms with Gasteiger partial charge in [0.1, 0.15) is 6.33 Å². The number of ether oxygens (including phenoxy) is 2. The van der Waals surface area contributed by atoms with Crippen LogP contribution in [0.2, 0.25) is 0 Å². The highest BCUT2D eigenvalue weighted by atomic mass is 32.1. The minimum Gasteiger partial charge on any atom is -0.493 e. The van der Waals surface area contributed by atoms with E-state index in [1.54, 1.807) is 27.5 Å². The summed E-state index contributed by atoms with van der Waals surface area (Å²) in [4.78, 5) is 22.0. The van der Waals surface area contributed by atoms with Gasteiger partial charge in [-0.15, -0.1) is 0 Å². The van der Waals surface area contributed by atoms with Crippen molar-refractivity contribution >= 4 is 28.2 Å². The van der Waals surface area contributed by atoms with Crippen LogP contribution in [0.5, 0.6) is 11.5 Å². The molecule has 27 heavy (non-hydrogen) atoms. The molecule has 0 unspecified atom stereocenters. The first-order valence-electron chi connectivity index (χ1n) is 8.29. The molecule has 0 bridgehead atoms. The highest BCUT2D eigenvalue weighted by Crippen LogP contribution is 2.35. The van der Waals surface area contributed by atoms with Crippen molar-refractivity contribution in [2.24, 2.45) is 0 Å². The van der Waals surface area contributed by atoms with Gasteiger partial charge in [-0.3, -0.25) is 9.36 Å². The first-order chi connectivity index (χ1) is 13.1. The average Bonchev–Trinajstić information content (AvgIpc) is 3.31. The van der Waals surface area contributed by atoms with Gasteiger partial charge in [0.15, 0.2) is 22.4 Å². The first-order valence-corrected chi connectivity index (χ1v) is 9.10. The fourth-order valence-corrected chi connectivity index (χ4v) is 3.90. The van der Waals surface area contributed by atoms with Crippen LogP contribution in [0, 0.1) is 0 Å². The molecular formula is C20H17N3O3S. The van der Waals surface area contributed by atoms with Crippen molar-refractivity contribution < 1.29 is 14.3 Å². The number of hydrogen-bond acceptors (Lipinski definition) is 6. The van der Waals surface area contributed by atoms with Crippen molar-refractivity contribution in [1.29, 1.82) is 0 Å². The molecule has 0 aliphatic carbocycles. The summed E-state index contributed by atoms with van der Waals surface area (Å²) in [5.74, 6) is 1.21. The topological polar surface area (TPSA) is 66.2 Å². The quantitative estimate of drug-likeness (QED) is 0.482. The van der Waals surface area contributed by atoms with E-state index in [1.165, 1.54) is 11.3 Å². The molecule has 7 heteroatoms. The normalized spacial score (nSPS) is 10.9. The van der Waals surface area contributed by atoms with Gasteiger partial charge >= 0.3 is 0 Å². The maximum Gasteiger partial charge on any atom is 0.196 e. The highest BCUT2D eigenvalue weighted by Gasteiger charge is 2.19. The Morgan fingerprint density at radius 2 is 1.78 bits per heavy atom. The molecule has 4 rings (SSSR count). The van der Waals surface area contributed by atoms with Crippen LogP contribution in [0.1, 0.15) is 16.6 Å². The molecule has 0 saturated carbocycles. The Balaban J connectivity index is 1.90. The van der Waals surface area contributed by atoms with E-state index in [0.29, 0.717) is 27.2 Å². The van der Waals surface area contributed by atoms with E-state index in [2.05, 4.69) is 4.98 Å². The molecule has 0 spiro atoms. The van der Waals surface area contributed by atoms with Gasteiger partial charge in [-0.1, -0.05) is 41.7 Å². The standard InChI is InChI=1S/C20H17N3O3S/c1-12(24)19-18(13-7-5-4-6-8-13)22-20(27-19)23-11-21-14-9-16(25-2)17(26-3)10-15(14)23/h4-11H,1-3H3. The molecule has 0 radical (unpaired) electrons. The highest BCUT2D eigenvalue weighted by molar-refractivity contribution is 7.16. The predicted octanol–water partition coefficient (Wildman–Crippen LogP) is 4.37. The minimum atomic E-state index is -0.0127. The second-order valence-corrected chi connectivity index (χ2v) is 6.88. The largest absolute Gasteiger partial charge is 0.493 e. The lowest BCUT2D eigenvalue weighted by Crippen LogP contribution is -1.94. The minimum absolute atomic E-state index is 0.0127. The van der Waals surface area contributed by atoms with Gasteiger partial charge in [0.2, 0.25) is 0 Å². The van der Waals surface area contributed by atoms with Gasteiger partial charge in [0.05, 0.1) is 35.8 Å². The van der Waals surface area contributed by atoms with Gasteiger partial charge in [-0.25, -0.2) is 9.97 Å². The Hall–Kier alpha value is -3.19. The van der Waals surface area contributed by atoms with Gasteiger partial charge in [-0.2, -0.15) is 0 Å². The number of ketones is 1. The number of benzene rings is 2. The summed E-state index contributed by atoms with van der Waals surface area (Å²) in [5, 5.41) is 0.675. The van der Waals surface area contributed by atoms with Crippen LogP contribution >= 0.6 is 11.3 Å². The van der Waals surface area contributed by atoms with Crippen LogP contribution < -0.4 is 9.47 Å². The Morgan fingerprint density at radius 1 is 1.07 bits per heavy atom. The number of imidazole rings is 1. The van der Waals surface area contributed by atoms with Crippen LogP contribution in [-0.4, -0.2) is 34.5 Å². The van der Waals surface area contributed by atoms with Crippen LogP contribution in [0.4, 0.5) is 0 Å². The summed E-state index contributed by atoms with van der Waals surface area (Å²) in [5.41, 5.74) is 3.18. The third kappa shape index (κ3) is 2.96. The number of carbonyl (C=O) groups excluding carboxylic acids is 1. The predicted molar refractivity (Wildman–Crippen MR) is 105 cm³/mol. The molecule has 0 amide bonds. The zero-order valence-corrected chi connectivity index (χ0v) is 15.9. The molecule has 0 atom stereocenters. The van der Waals surface area contributed by atoms with Gasteiger partial charge in [0.25, 0.3) is 0 Å². The third-order valence-electron chi connectivity index (χ3n) is 4.24. The number of Topliss-reactive ketones (excluding diaryl/α,β-unsaturated/α-hetero) is 1. The molecule has 0 N–H and O–H groups in total. The molecule has 0 fully saturated rings. The number of methoxy groups -OCH3 is 2. The van der Waals surface area contributed by atoms with E-state index in [-0.39, 0.29) is 5.78 Å². The number of carbonyl (C=O) groups is 1. The number of aromatic nitrogens is 3. The number of fused-ring (bicyclic) bond motifs is 1. The summed E-state index contributed by atoms with van der Waals surface area (Å²) >= 11 is 1.35. The van der Waals surface area contributed by atoms with E-state index in [9.17, 15) is 4.79 Å². The van der Waals surface area contributed by atoms with Crippen molar-refractivity contribution in [3.8, 4) is 27.9 Å². The molecule has 2 aromatic heterocycles. The summed E-state index contributed by atoms with van der Waals surface area (Å²) in [7, 11) is 3.18. The molecule has 6 nitrogen and oxygen atoms in total. The van der Waals surface area contributed by atoms with Crippen molar-refractivity contribution in [1.82, 2.24) is 14.5 Å². The lowest BCUT2D eigenvalue weighted by molar-refractivity contribution is 0.102.